The summed E-state index contributed by atoms with van der Waals surface area (Å²) >= 11 is 0. The van der Waals surface area contributed by atoms with Gasteiger partial charge in [0.1, 0.15) is 0 Å². The maximum absolute atomic E-state index is 12.4. The molecule has 3 heteroatoms. The van der Waals surface area contributed by atoms with Crippen LogP contribution in [-0.4, -0.2) is 11.6 Å². The molecule has 0 aromatic heterocycles. The summed E-state index contributed by atoms with van der Waals surface area (Å²) in [6.07, 6.45) is 0. The molecule has 0 atom stereocenters. The van der Waals surface area contributed by atoms with Gasteiger partial charge in [-0.3, -0.25) is 9.59 Å². The third-order valence-corrected chi connectivity index (χ3v) is 3.02. The van der Waals surface area contributed by atoms with Crippen LogP contribution in [0.5, 0.6) is 0 Å². The van der Waals surface area contributed by atoms with Gasteiger partial charge < -0.3 is 5.73 Å². The van der Waals surface area contributed by atoms with Crippen molar-refractivity contribution in [3.63, 3.8) is 0 Å². The Kier molecular flexibility index (Phi) is 3.80. The molecular formula is C17H15NO2. The predicted molar refractivity (Wildman–Crippen MR) is 79.9 cm³/mol. The number of hydrogen-bond acceptors (Lipinski definition) is 3. The molecule has 0 fully saturated rings. The molecule has 2 aromatic carbocycles. The summed E-state index contributed by atoms with van der Waals surface area (Å²) in [5.74, 6) is -0.440. The van der Waals surface area contributed by atoms with Crippen molar-refractivity contribution in [1.82, 2.24) is 0 Å². The number of carbonyl (C=O) groups is 2. The molecule has 3 nitrogen and oxygen atoms in total. The lowest BCUT2D eigenvalue weighted by molar-refractivity contribution is 0.103. The molecule has 0 unspecified atom stereocenters. The van der Waals surface area contributed by atoms with Crippen LogP contribution < -0.4 is 5.73 Å². The third kappa shape index (κ3) is 2.52. The largest absolute Gasteiger partial charge is 0.398 e. The zero-order valence-electron chi connectivity index (χ0n) is 11.2. The Hall–Kier alpha value is -2.68. The minimum Gasteiger partial charge on any atom is -0.398 e. The molecule has 0 spiro atoms. The van der Waals surface area contributed by atoms with E-state index in [2.05, 4.69) is 6.58 Å². The summed E-state index contributed by atoms with van der Waals surface area (Å²) in [5, 5.41) is 0. The molecule has 0 saturated heterocycles. The summed E-state index contributed by atoms with van der Waals surface area (Å²) < 4.78 is 0. The van der Waals surface area contributed by atoms with Crippen molar-refractivity contribution in [1.29, 1.82) is 0 Å². The van der Waals surface area contributed by atoms with E-state index in [1.165, 1.54) is 0 Å². The topological polar surface area (TPSA) is 60.2 Å². The first-order chi connectivity index (χ1) is 9.52. The standard InChI is InChI=1S/C17H15NO2/c1-11(2)16(19)13-9-6-10-14(15(13)18)17(20)12-7-4-3-5-8-12/h3-10H,1,18H2,2H3. The molecule has 0 aliphatic rings. The summed E-state index contributed by atoms with van der Waals surface area (Å²) in [7, 11) is 0. The molecular weight excluding hydrogens is 250 g/mol. The van der Waals surface area contributed by atoms with Crippen LogP contribution in [-0.2, 0) is 0 Å². The zero-order valence-corrected chi connectivity index (χ0v) is 11.2. The van der Waals surface area contributed by atoms with Gasteiger partial charge in [0.05, 0.1) is 5.69 Å². The van der Waals surface area contributed by atoms with Crippen LogP contribution in [0.3, 0.4) is 0 Å². The Morgan fingerprint density at radius 1 is 0.950 bits per heavy atom. The van der Waals surface area contributed by atoms with Crippen LogP contribution in [0.15, 0.2) is 60.7 Å². The molecule has 2 aromatic rings. The molecule has 0 radical (unpaired) electrons. The summed E-state index contributed by atoms with van der Waals surface area (Å²) in [5.41, 5.74) is 7.77. The quantitative estimate of drug-likeness (QED) is 0.524. The zero-order chi connectivity index (χ0) is 14.7. The molecule has 0 heterocycles. The average Bonchev–Trinajstić information content (AvgIpc) is 2.47. The summed E-state index contributed by atoms with van der Waals surface area (Å²) in [4.78, 5) is 24.4. The predicted octanol–water partition coefficient (Wildman–Crippen LogP) is 3.26. The van der Waals surface area contributed by atoms with Crippen molar-refractivity contribution < 1.29 is 9.59 Å². The fourth-order valence-electron chi connectivity index (χ4n) is 1.94. The number of rotatable bonds is 4. The van der Waals surface area contributed by atoms with E-state index < -0.39 is 0 Å². The van der Waals surface area contributed by atoms with Gasteiger partial charge in [0.2, 0.25) is 0 Å². The van der Waals surface area contributed by atoms with E-state index in [-0.39, 0.29) is 17.3 Å². The number of anilines is 1. The van der Waals surface area contributed by atoms with Gasteiger partial charge in [-0.2, -0.15) is 0 Å². The molecule has 100 valence electrons. The molecule has 0 aliphatic carbocycles. The number of nitrogens with two attached hydrogens (primary N) is 1. The van der Waals surface area contributed by atoms with Crippen molar-refractivity contribution in [2.24, 2.45) is 0 Å². The second-order valence-corrected chi connectivity index (χ2v) is 4.57. The van der Waals surface area contributed by atoms with E-state index in [0.29, 0.717) is 22.3 Å². The number of allylic oxidation sites excluding steroid dienone is 1. The maximum Gasteiger partial charge on any atom is 0.195 e. The number of carbonyl (C=O) groups excluding carboxylic acids is 2. The summed E-state index contributed by atoms with van der Waals surface area (Å²) in [6, 6.07) is 13.7. The SMILES string of the molecule is C=C(C)C(=O)c1cccc(C(=O)c2ccccc2)c1N. The molecule has 0 amide bonds. The van der Waals surface area contributed by atoms with Gasteiger partial charge in [0.25, 0.3) is 0 Å². The van der Waals surface area contributed by atoms with Crippen LogP contribution in [0.25, 0.3) is 0 Å². The lowest BCUT2D eigenvalue weighted by atomic mass is 9.96. The highest BCUT2D eigenvalue weighted by Gasteiger charge is 2.18. The second-order valence-electron chi connectivity index (χ2n) is 4.57. The maximum atomic E-state index is 12.4. The molecule has 0 saturated carbocycles. The van der Waals surface area contributed by atoms with E-state index >= 15 is 0 Å². The highest BCUT2D eigenvalue weighted by molar-refractivity contribution is 6.17. The molecule has 2 rings (SSSR count). The van der Waals surface area contributed by atoms with Crippen molar-refractivity contribution >= 4 is 17.3 Å². The Morgan fingerprint density at radius 3 is 2.15 bits per heavy atom. The Labute approximate surface area is 117 Å². The van der Waals surface area contributed by atoms with Crippen molar-refractivity contribution in [2.45, 2.75) is 6.92 Å². The Balaban J connectivity index is 2.49. The number of para-hydroxylation sites is 1. The van der Waals surface area contributed by atoms with E-state index in [1.54, 1.807) is 49.4 Å². The first-order valence-corrected chi connectivity index (χ1v) is 6.21. The van der Waals surface area contributed by atoms with Gasteiger partial charge in [0, 0.05) is 16.7 Å². The number of nitrogen functional groups attached to an aromatic ring is 1. The molecule has 2 N–H and O–H groups in total. The third-order valence-electron chi connectivity index (χ3n) is 3.02. The van der Waals surface area contributed by atoms with Gasteiger partial charge >= 0.3 is 0 Å². The van der Waals surface area contributed by atoms with Crippen LogP contribution in [0, 0.1) is 0 Å². The van der Waals surface area contributed by atoms with Gasteiger partial charge in [-0.15, -0.1) is 0 Å². The van der Waals surface area contributed by atoms with E-state index in [0.717, 1.165) is 0 Å². The number of ketones is 2. The van der Waals surface area contributed by atoms with Gasteiger partial charge in [-0.1, -0.05) is 43.0 Å². The second kappa shape index (κ2) is 5.53. The van der Waals surface area contributed by atoms with Gasteiger partial charge in [-0.25, -0.2) is 0 Å². The number of benzene rings is 2. The van der Waals surface area contributed by atoms with Crippen molar-refractivity contribution in [2.75, 3.05) is 5.73 Å². The van der Waals surface area contributed by atoms with Crippen LogP contribution in [0.1, 0.15) is 33.2 Å². The van der Waals surface area contributed by atoms with E-state index in [9.17, 15) is 9.59 Å². The van der Waals surface area contributed by atoms with E-state index in [1.807, 2.05) is 6.07 Å². The fourth-order valence-corrected chi connectivity index (χ4v) is 1.94. The fraction of sp³-hybridized carbons (Fsp3) is 0.0588. The lowest BCUT2D eigenvalue weighted by Gasteiger charge is -2.09. The van der Waals surface area contributed by atoms with Crippen LogP contribution in [0.2, 0.25) is 0 Å². The average molecular weight is 265 g/mol. The minimum atomic E-state index is -0.245. The minimum absolute atomic E-state index is 0.195. The first kappa shape index (κ1) is 13.7. The number of hydrogen-bond donors (Lipinski definition) is 1. The molecule has 0 aliphatic heterocycles. The monoisotopic (exact) mass is 265 g/mol. The smallest absolute Gasteiger partial charge is 0.195 e. The van der Waals surface area contributed by atoms with Crippen molar-refractivity contribution in [3.8, 4) is 0 Å². The van der Waals surface area contributed by atoms with E-state index in [4.69, 9.17) is 5.73 Å². The highest BCUT2D eigenvalue weighted by atomic mass is 16.1. The molecule has 20 heavy (non-hydrogen) atoms. The Morgan fingerprint density at radius 2 is 1.55 bits per heavy atom. The highest BCUT2D eigenvalue weighted by Crippen LogP contribution is 2.22. The van der Waals surface area contributed by atoms with Gasteiger partial charge in [-0.05, 0) is 24.6 Å². The summed E-state index contributed by atoms with van der Waals surface area (Å²) in [6.45, 7) is 5.23. The first-order valence-electron chi connectivity index (χ1n) is 6.21. The van der Waals surface area contributed by atoms with Gasteiger partial charge in [0.15, 0.2) is 11.6 Å². The lowest BCUT2D eigenvalue weighted by Crippen LogP contribution is -2.11. The number of Topliss-reactive ketones (excluding diaryl/α,β-unsaturated/α-hetero) is 1. The van der Waals surface area contributed by atoms with Crippen molar-refractivity contribution in [3.05, 3.63) is 77.4 Å². The molecule has 0 bridgehead atoms. The van der Waals surface area contributed by atoms with Crippen LogP contribution >= 0.6 is 0 Å². The van der Waals surface area contributed by atoms with Crippen LogP contribution in [0.4, 0.5) is 5.69 Å². The normalized spacial score (nSPS) is 10.1. The Bertz CT molecular complexity index is 687.